The summed E-state index contributed by atoms with van der Waals surface area (Å²) >= 11 is 1.23. The van der Waals surface area contributed by atoms with E-state index < -0.39 is 11.5 Å². The van der Waals surface area contributed by atoms with Crippen LogP contribution in [0.2, 0.25) is 0 Å². The minimum absolute atomic E-state index is 0.121. The number of hydrogen-bond acceptors (Lipinski definition) is 7. The number of nitrogens with zero attached hydrogens (tertiary/aromatic N) is 5. The van der Waals surface area contributed by atoms with E-state index in [9.17, 15) is 9.18 Å². The molecule has 0 unspecified atom stereocenters. The Morgan fingerprint density at radius 2 is 2.20 bits per heavy atom. The molecule has 1 N–H and O–H groups in total. The first-order chi connectivity index (χ1) is 12.1. The molecule has 0 aliphatic carbocycles. The summed E-state index contributed by atoms with van der Waals surface area (Å²) in [7, 11) is 0. The van der Waals surface area contributed by atoms with Crippen LogP contribution in [0.3, 0.4) is 0 Å². The van der Waals surface area contributed by atoms with E-state index in [1.54, 1.807) is 0 Å². The van der Waals surface area contributed by atoms with Gasteiger partial charge in [0.1, 0.15) is 5.01 Å². The molecule has 0 atom stereocenters. The van der Waals surface area contributed by atoms with Crippen LogP contribution in [0.5, 0.6) is 0 Å². The summed E-state index contributed by atoms with van der Waals surface area (Å²) in [4.78, 5) is 15.6. The molecule has 2 aromatic heterocycles. The molecule has 0 radical (unpaired) electrons. The molecule has 0 aromatic carbocycles. The number of halogens is 1. The molecule has 1 amide bonds. The van der Waals surface area contributed by atoms with Crippen LogP contribution in [-0.2, 0) is 11.3 Å². The first kappa shape index (κ1) is 17.1. The summed E-state index contributed by atoms with van der Waals surface area (Å²) in [6.07, 6.45) is 9.97. The highest BCUT2D eigenvalue weighted by atomic mass is 32.1. The third kappa shape index (κ3) is 4.42. The molecule has 25 heavy (non-hydrogen) atoms. The monoisotopic (exact) mass is 358 g/mol. The van der Waals surface area contributed by atoms with Crippen LogP contribution < -0.4 is 5.32 Å². The average Bonchev–Trinajstić information content (AvgIpc) is 3.24. The number of carbonyl (C=O) groups is 1. The minimum Gasteiger partial charge on any atom is -0.350 e. The van der Waals surface area contributed by atoms with Gasteiger partial charge in [-0.05, 0) is 6.07 Å². The average molecular weight is 358 g/mol. The lowest BCUT2D eigenvalue weighted by atomic mass is 10.0. The summed E-state index contributed by atoms with van der Waals surface area (Å²) in [5, 5.41) is 19.7. The normalized spacial score (nSPS) is 14.1. The predicted octanol–water partition coefficient (Wildman–Crippen LogP) is 2.71. The van der Waals surface area contributed by atoms with Crippen molar-refractivity contribution in [1.29, 1.82) is 0 Å². The van der Waals surface area contributed by atoms with Crippen molar-refractivity contribution in [2.24, 2.45) is 10.2 Å². The minimum atomic E-state index is -0.460. The SMILES string of the molecule is C#CCCC1(CCC(=O)NCc2nnc(-c3ccncc3F)s2)N=N1. The van der Waals surface area contributed by atoms with Crippen LogP contribution >= 0.6 is 11.3 Å². The zero-order valence-corrected chi connectivity index (χ0v) is 14.1. The standard InChI is InChI=1S/C16H15FN6OS/c1-2-3-6-16(22-23-16)7-4-13(24)19-10-14-20-21-15(25-14)11-5-8-18-9-12(11)17/h1,5,8-9H,3-4,6-7,10H2,(H,19,24). The van der Waals surface area contributed by atoms with E-state index in [2.05, 4.69) is 36.6 Å². The van der Waals surface area contributed by atoms with Crippen LogP contribution in [-0.4, -0.2) is 26.8 Å². The number of terminal acetylenes is 1. The Labute approximate surface area is 147 Å². The van der Waals surface area contributed by atoms with E-state index >= 15 is 0 Å². The van der Waals surface area contributed by atoms with Gasteiger partial charge in [-0.1, -0.05) is 11.3 Å². The second-order valence-electron chi connectivity index (χ2n) is 5.52. The molecule has 1 aliphatic rings. The number of aromatic nitrogens is 3. The van der Waals surface area contributed by atoms with E-state index in [4.69, 9.17) is 6.42 Å². The Morgan fingerprint density at radius 1 is 1.36 bits per heavy atom. The van der Waals surface area contributed by atoms with Gasteiger partial charge < -0.3 is 5.32 Å². The van der Waals surface area contributed by atoms with E-state index in [1.807, 2.05) is 0 Å². The third-order valence-electron chi connectivity index (χ3n) is 3.71. The van der Waals surface area contributed by atoms with Crippen molar-refractivity contribution in [3.05, 3.63) is 29.3 Å². The van der Waals surface area contributed by atoms with Crippen molar-refractivity contribution in [1.82, 2.24) is 20.5 Å². The highest BCUT2D eigenvalue weighted by Gasteiger charge is 2.39. The molecule has 0 fully saturated rings. The highest BCUT2D eigenvalue weighted by molar-refractivity contribution is 7.14. The van der Waals surface area contributed by atoms with Crippen molar-refractivity contribution >= 4 is 17.2 Å². The summed E-state index contributed by atoms with van der Waals surface area (Å²) in [5.41, 5.74) is -0.115. The van der Waals surface area contributed by atoms with E-state index in [0.717, 1.165) is 6.20 Å². The number of hydrogen-bond donors (Lipinski definition) is 1. The highest BCUT2D eigenvalue weighted by Crippen LogP contribution is 2.37. The van der Waals surface area contributed by atoms with Crippen LogP contribution in [0.4, 0.5) is 4.39 Å². The van der Waals surface area contributed by atoms with E-state index in [-0.39, 0.29) is 12.5 Å². The van der Waals surface area contributed by atoms with Crippen LogP contribution in [0.25, 0.3) is 10.6 Å². The first-order valence-electron chi connectivity index (χ1n) is 7.68. The second kappa shape index (κ2) is 7.44. The van der Waals surface area contributed by atoms with Crippen molar-refractivity contribution in [2.75, 3.05) is 0 Å². The quantitative estimate of drug-likeness (QED) is 0.734. The molecule has 0 bridgehead atoms. The summed E-state index contributed by atoms with van der Waals surface area (Å²) in [6.45, 7) is 0.245. The summed E-state index contributed by atoms with van der Waals surface area (Å²) < 4.78 is 13.7. The summed E-state index contributed by atoms with van der Waals surface area (Å²) in [6, 6.07) is 1.54. The maximum atomic E-state index is 13.7. The predicted molar refractivity (Wildman–Crippen MR) is 89.8 cm³/mol. The van der Waals surface area contributed by atoms with Crippen LogP contribution in [0, 0.1) is 18.2 Å². The lowest BCUT2D eigenvalue weighted by Crippen LogP contribution is -2.24. The van der Waals surface area contributed by atoms with Gasteiger partial charge in [0.15, 0.2) is 16.5 Å². The van der Waals surface area contributed by atoms with E-state index in [1.165, 1.54) is 23.6 Å². The molecular weight excluding hydrogens is 343 g/mol. The second-order valence-corrected chi connectivity index (χ2v) is 6.58. The number of amides is 1. The molecule has 3 heterocycles. The number of pyridine rings is 1. The van der Waals surface area contributed by atoms with Crippen LogP contribution in [0.1, 0.15) is 30.7 Å². The molecule has 0 saturated carbocycles. The number of carbonyl (C=O) groups excluding carboxylic acids is 1. The molecule has 128 valence electrons. The van der Waals surface area contributed by atoms with Gasteiger partial charge in [0.25, 0.3) is 0 Å². The molecule has 0 saturated heterocycles. The van der Waals surface area contributed by atoms with Gasteiger partial charge in [-0.15, -0.1) is 22.5 Å². The van der Waals surface area contributed by atoms with Crippen molar-refractivity contribution in [2.45, 2.75) is 37.9 Å². The molecule has 2 aromatic rings. The Bertz CT molecular complexity index is 837. The van der Waals surface area contributed by atoms with Gasteiger partial charge in [0.2, 0.25) is 5.91 Å². The Morgan fingerprint density at radius 3 is 2.92 bits per heavy atom. The van der Waals surface area contributed by atoms with Crippen LogP contribution in [0.15, 0.2) is 28.7 Å². The fourth-order valence-electron chi connectivity index (χ4n) is 2.23. The Kier molecular flexibility index (Phi) is 5.09. The molecule has 1 aliphatic heterocycles. The third-order valence-corrected chi connectivity index (χ3v) is 4.67. The fraction of sp³-hybridized carbons (Fsp3) is 0.375. The van der Waals surface area contributed by atoms with Crippen molar-refractivity contribution < 1.29 is 9.18 Å². The van der Waals surface area contributed by atoms with Gasteiger partial charge >= 0.3 is 0 Å². The lowest BCUT2D eigenvalue weighted by Gasteiger charge is -2.08. The molecule has 9 heteroatoms. The van der Waals surface area contributed by atoms with Crippen molar-refractivity contribution in [3.8, 4) is 22.9 Å². The van der Waals surface area contributed by atoms with Gasteiger partial charge in [-0.3, -0.25) is 9.78 Å². The van der Waals surface area contributed by atoms with Crippen molar-refractivity contribution in [3.63, 3.8) is 0 Å². The zero-order chi connectivity index (χ0) is 17.7. The molecule has 7 nitrogen and oxygen atoms in total. The number of nitrogens with one attached hydrogen (secondary N) is 1. The number of rotatable bonds is 8. The molecule has 3 rings (SSSR count). The molecule has 0 spiro atoms. The smallest absolute Gasteiger partial charge is 0.220 e. The maximum Gasteiger partial charge on any atom is 0.220 e. The topological polar surface area (TPSA) is 92.5 Å². The van der Waals surface area contributed by atoms with Gasteiger partial charge in [0.05, 0.1) is 18.3 Å². The zero-order valence-electron chi connectivity index (χ0n) is 13.3. The van der Waals surface area contributed by atoms with Gasteiger partial charge in [-0.2, -0.15) is 10.2 Å². The Hall–Kier alpha value is -2.73. The first-order valence-corrected chi connectivity index (χ1v) is 8.50. The molecular formula is C16H15FN6OS. The largest absolute Gasteiger partial charge is 0.350 e. The fourth-order valence-corrected chi connectivity index (χ4v) is 3.03. The van der Waals surface area contributed by atoms with Gasteiger partial charge in [-0.25, -0.2) is 4.39 Å². The summed E-state index contributed by atoms with van der Waals surface area (Å²) in [5.74, 6) is 1.98. The Balaban J connectivity index is 1.47. The maximum absolute atomic E-state index is 13.7. The lowest BCUT2D eigenvalue weighted by molar-refractivity contribution is -0.121. The van der Waals surface area contributed by atoms with E-state index in [0.29, 0.717) is 41.3 Å². The van der Waals surface area contributed by atoms with Gasteiger partial charge in [0, 0.05) is 31.9 Å².